The summed E-state index contributed by atoms with van der Waals surface area (Å²) in [6, 6.07) is 3.80. The van der Waals surface area contributed by atoms with E-state index in [9.17, 15) is 9.59 Å². The molecule has 10 heteroatoms. The van der Waals surface area contributed by atoms with Gasteiger partial charge in [-0.1, -0.05) is 32.6 Å². The number of unbranched alkanes of at least 4 members (excludes halogenated alkanes) is 5. The summed E-state index contributed by atoms with van der Waals surface area (Å²) < 4.78 is 6.90. The molecule has 10 nitrogen and oxygen atoms in total. The summed E-state index contributed by atoms with van der Waals surface area (Å²) in [5.74, 6) is 0.888. The van der Waals surface area contributed by atoms with Crippen LogP contribution in [0.1, 0.15) is 58.3 Å². The largest absolute Gasteiger partial charge is 0.449 e. The maximum absolute atomic E-state index is 12.7. The lowest BCUT2D eigenvalue weighted by Gasteiger charge is -2.42. The van der Waals surface area contributed by atoms with E-state index in [1.807, 2.05) is 19.2 Å². The number of carbonyl (C=O) groups excluding carboxylic acids is 2. The second kappa shape index (κ2) is 13.0. The molecule has 2 aromatic rings. The van der Waals surface area contributed by atoms with Crippen LogP contribution in [-0.4, -0.2) is 70.8 Å². The van der Waals surface area contributed by atoms with Crippen LogP contribution in [0.25, 0.3) is 11.0 Å². The van der Waals surface area contributed by atoms with E-state index in [1.165, 1.54) is 10.9 Å². The van der Waals surface area contributed by atoms with Crippen LogP contribution in [0.5, 0.6) is 0 Å². The number of nitrogens with two attached hydrogens (primary N) is 1. The molecule has 1 fully saturated rings. The third-order valence-electron chi connectivity index (χ3n) is 6.81. The molecule has 0 aliphatic carbocycles. The van der Waals surface area contributed by atoms with E-state index >= 15 is 0 Å². The van der Waals surface area contributed by atoms with Crippen molar-refractivity contribution in [3.63, 3.8) is 0 Å². The topological polar surface area (TPSA) is 130 Å². The third kappa shape index (κ3) is 6.69. The standard InChI is InChI=1S/C25H37N7O3/c1-19-10-14-31(22(33)9-13-27)17-21(19)30(2)23-20-11-15-32(24(20)29-18-28-23)25(34)35-16-8-6-4-3-5-7-12-26/h11,15,18-19,21H,3-10,12,14,16-17,26H2,1-2H3/t19-,21+/m1/s1. The van der Waals surface area contributed by atoms with E-state index in [0.29, 0.717) is 37.1 Å². The summed E-state index contributed by atoms with van der Waals surface area (Å²) in [5, 5.41) is 9.64. The first-order valence-corrected chi connectivity index (χ1v) is 12.5. The summed E-state index contributed by atoms with van der Waals surface area (Å²) in [6.45, 7) is 4.45. The first kappa shape index (κ1) is 26.4. The van der Waals surface area contributed by atoms with Gasteiger partial charge in [-0.15, -0.1) is 0 Å². The SMILES string of the molecule is C[C@@H]1CCN(C(=O)CC#N)C[C@@H]1N(C)c1ncnc2c1ccn2C(=O)OCCCCCCCCN. The summed E-state index contributed by atoms with van der Waals surface area (Å²) in [6.07, 6.45) is 9.74. The molecular formula is C25H37N7O3. The van der Waals surface area contributed by atoms with Crippen molar-refractivity contribution in [2.24, 2.45) is 11.7 Å². The number of hydrogen-bond donors (Lipinski definition) is 1. The molecule has 190 valence electrons. The second-order valence-electron chi connectivity index (χ2n) is 9.26. The van der Waals surface area contributed by atoms with E-state index in [2.05, 4.69) is 21.8 Å². The summed E-state index contributed by atoms with van der Waals surface area (Å²) in [7, 11) is 1.95. The average Bonchev–Trinajstić information content (AvgIpc) is 3.30. The molecule has 0 unspecified atom stereocenters. The smallest absolute Gasteiger partial charge is 0.419 e. The van der Waals surface area contributed by atoms with E-state index in [4.69, 9.17) is 15.7 Å². The minimum atomic E-state index is -0.449. The minimum absolute atomic E-state index is 0.0321. The van der Waals surface area contributed by atoms with Gasteiger partial charge in [-0.25, -0.2) is 19.3 Å². The Balaban J connectivity index is 1.64. The van der Waals surface area contributed by atoms with Crippen LogP contribution < -0.4 is 10.6 Å². The Bertz CT molecular complexity index is 1030. The normalized spacial score (nSPS) is 17.8. The molecule has 2 atom stereocenters. The summed E-state index contributed by atoms with van der Waals surface area (Å²) in [5.41, 5.74) is 6.01. The number of aromatic nitrogens is 3. The van der Waals surface area contributed by atoms with Crippen molar-refractivity contribution in [2.75, 3.05) is 38.2 Å². The molecule has 3 rings (SSSR count). The van der Waals surface area contributed by atoms with Crippen molar-refractivity contribution in [1.29, 1.82) is 5.26 Å². The Morgan fingerprint density at radius 2 is 1.97 bits per heavy atom. The van der Waals surface area contributed by atoms with Crippen molar-refractivity contribution in [2.45, 2.75) is 64.3 Å². The Morgan fingerprint density at radius 1 is 1.23 bits per heavy atom. The highest BCUT2D eigenvalue weighted by Crippen LogP contribution is 2.29. The minimum Gasteiger partial charge on any atom is -0.449 e. The van der Waals surface area contributed by atoms with Crippen LogP contribution in [0.4, 0.5) is 10.6 Å². The van der Waals surface area contributed by atoms with Gasteiger partial charge >= 0.3 is 6.09 Å². The molecule has 1 saturated heterocycles. The fourth-order valence-corrected chi connectivity index (χ4v) is 4.67. The van der Waals surface area contributed by atoms with Crippen LogP contribution in [0.3, 0.4) is 0 Å². The number of carbonyl (C=O) groups is 2. The number of likely N-dealkylation sites (N-methyl/N-ethyl adjacent to an activating group) is 1. The predicted molar refractivity (Wildman–Crippen MR) is 134 cm³/mol. The number of rotatable bonds is 11. The maximum atomic E-state index is 12.7. The molecule has 0 aromatic carbocycles. The lowest BCUT2D eigenvalue weighted by atomic mass is 9.92. The molecule has 0 saturated carbocycles. The number of hydrogen-bond acceptors (Lipinski definition) is 8. The van der Waals surface area contributed by atoms with Crippen molar-refractivity contribution < 1.29 is 14.3 Å². The molecule has 1 aliphatic heterocycles. The molecule has 0 spiro atoms. The summed E-state index contributed by atoms with van der Waals surface area (Å²) in [4.78, 5) is 37.6. The molecule has 1 amide bonds. The second-order valence-corrected chi connectivity index (χ2v) is 9.26. The van der Waals surface area contributed by atoms with Crippen LogP contribution in [0.15, 0.2) is 18.6 Å². The average molecular weight is 484 g/mol. The Morgan fingerprint density at radius 3 is 2.71 bits per heavy atom. The molecule has 0 radical (unpaired) electrons. The van der Waals surface area contributed by atoms with Gasteiger partial charge in [0.05, 0.1) is 24.1 Å². The Kier molecular flexibility index (Phi) is 9.85. The monoisotopic (exact) mass is 483 g/mol. The van der Waals surface area contributed by atoms with Gasteiger partial charge in [0.15, 0.2) is 5.65 Å². The lowest BCUT2D eigenvalue weighted by molar-refractivity contribution is -0.131. The van der Waals surface area contributed by atoms with E-state index in [-0.39, 0.29) is 18.4 Å². The zero-order valence-corrected chi connectivity index (χ0v) is 20.9. The van der Waals surface area contributed by atoms with Crippen LogP contribution in [-0.2, 0) is 9.53 Å². The van der Waals surface area contributed by atoms with Crippen molar-refractivity contribution in [3.8, 4) is 6.07 Å². The first-order valence-electron chi connectivity index (χ1n) is 12.5. The summed E-state index contributed by atoms with van der Waals surface area (Å²) >= 11 is 0. The highest BCUT2D eigenvalue weighted by molar-refractivity contribution is 5.93. The number of piperidine rings is 1. The fourth-order valence-electron chi connectivity index (χ4n) is 4.67. The molecule has 2 N–H and O–H groups in total. The van der Waals surface area contributed by atoms with E-state index in [0.717, 1.165) is 56.9 Å². The zero-order chi connectivity index (χ0) is 25.2. The van der Waals surface area contributed by atoms with Crippen LogP contribution in [0.2, 0.25) is 0 Å². The van der Waals surface area contributed by atoms with Crippen molar-refractivity contribution in [1.82, 2.24) is 19.4 Å². The molecule has 1 aliphatic rings. The Hall–Kier alpha value is -3.19. The van der Waals surface area contributed by atoms with Gasteiger partial charge in [-0.05, 0) is 37.8 Å². The van der Waals surface area contributed by atoms with E-state index in [1.54, 1.807) is 11.1 Å². The lowest BCUT2D eigenvalue weighted by Crippen LogP contribution is -2.52. The fraction of sp³-hybridized carbons (Fsp3) is 0.640. The first-order chi connectivity index (χ1) is 17.0. The number of anilines is 1. The number of amides is 1. The molecule has 2 aromatic heterocycles. The molecule has 3 heterocycles. The van der Waals surface area contributed by atoms with Crippen LogP contribution >= 0.6 is 0 Å². The highest BCUT2D eigenvalue weighted by Gasteiger charge is 2.32. The van der Waals surface area contributed by atoms with Crippen LogP contribution in [0, 0.1) is 17.2 Å². The van der Waals surface area contributed by atoms with Gasteiger partial charge < -0.3 is 20.3 Å². The number of likely N-dealkylation sites (tertiary alicyclic amines) is 1. The number of nitrogens with zero attached hydrogens (tertiary/aromatic N) is 6. The van der Waals surface area contributed by atoms with Crippen molar-refractivity contribution >= 4 is 28.9 Å². The maximum Gasteiger partial charge on any atom is 0.419 e. The quantitative estimate of drug-likeness (QED) is 0.482. The Labute approximate surface area is 207 Å². The molecular weight excluding hydrogens is 446 g/mol. The van der Waals surface area contributed by atoms with Gasteiger partial charge in [0.2, 0.25) is 5.91 Å². The number of ether oxygens (including phenoxy) is 1. The van der Waals surface area contributed by atoms with Crippen molar-refractivity contribution in [3.05, 3.63) is 18.6 Å². The highest BCUT2D eigenvalue weighted by atomic mass is 16.5. The molecule has 35 heavy (non-hydrogen) atoms. The van der Waals surface area contributed by atoms with Gasteiger partial charge in [-0.3, -0.25) is 4.79 Å². The molecule has 0 bridgehead atoms. The predicted octanol–water partition coefficient (Wildman–Crippen LogP) is 3.30. The van der Waals surface area contributed by atoms with E-state index < -0.39 is 6.09 Å². The number of nitriles is 1. The zero-order valence-electron chi connectivity index (χ0n) is 20.9. The van der Waals surface area contributed by atoms with Gasteiger partial charge in [-0.2, -0.15) is 5.26 Å². The van der Waals surface area contributed by atoms with Gasteiger partial charge in [0.1, 0.15) is 18.6 Å². The van der Waals surface area contributed by atoms with Gasteiger partial charge in [0.25, 0.3) is 0 Å². The number of fused-ring (bicyclic) bond motifs is 1. The third-order valence-corrected chi connectivity index (χ3v) is 6.81. The van der Waals surface area contributed by atoms with Gasteiger partial charge in [0, 0.05) is 26.3 Å².